The molecule has 4 rings (SSSR count). The van der Waals surface area contributed by atoms with Crippen molar-refractivity contribution >= 4 is 40.6 Å². The first-order chi connectivity index (χ1) is 18.3. The van der Waals surface area contributed by atoms with Gasteiger partial charge in [-0.05, 0) is 48.0 Å². The fourth-order valence-corrected chi connectivity index (χ4v) is 4.09. The van der Waals surface area contributed by atoms with Crippen LogP contribution in [-0.2, 0) is 4.79 Å². The molecule has 1 aliphatic carbocycles. The van der Waals surface area contributed by atoms with Crippen molar-refractivity contribution in [3.63, 3.8) is 0 Å². The maximum Gasteiger partial charge on any atom is 0.327 e. The molecule has 2 N–H and O–H groups in total. The Bertz CT molecular complexity index is 1370. The molecule has 7 nitrogen and oxygen atoms in total. The summed E-state index contributed by atoms with van der Waals surface area (Å²) in [5, 5.41) is 11.8. The van der Waals surface area contributed by atoms with E-state index in [0.29, 0.717) is 34.1 Å². The molecule has 0 saturated heterocycles. The van der Waals surface area contributed by atoms with Gasteiger partial charge < -0.3 is 15.6 Å². The van der Waals surface area contributed by atoms with Crippen molar-refractivity contribution in [2.75, 3.05) is 24.3 Å². The molecule has 1 aliphatic rings. The van der Waals surface area contributed by atoms with Crippen molar-refractivity contribution in [1.29, 1.82) is 0 Å². The van der Waals surface area contributed by atoms with Crippen LogP contribution in [-0.4, -0.2) is 36.8 Å². The van der Waals surface area contributed by atoms with Crippen LogP contribution in [0.15, 0.2) is 114 Å². The van der Waals surface area contributed by atoms with Crippen LogP contribution < -0.4 is 15.5 Å². The Kier molecular flexibility index (Phi) is 8.55. The van der Waals surface area contributed by atoms with E-state index in [2.05, 4.69) is 15.7 Å². The minimum Gasteiger partial charge on any atom is -0.322 e. The molecule has 0 fully saturated rings. The maximum atomic E-state index is 15.0. The third-order valence-electron chi connectivity index (χ3n) is 5.62. The fraction of sp³-hybridized carbons (Fsp3) is 0.138. The van der Waals surface area contributed by atoms with Crippen LogP contribution in [0.4, 0.5) is 20.6 Å². The Labute approximate surface area is 225 Å². The van der Waals surface area contributed by atoms with E-state index in [1.807, 2.05) is 12.1 Å². The van der Waals surface area contributed by atoms with E-state index in [1.165, 1.54) is 11.0 Å². The molecule has 1 atom stereocenters. The third-order valence-corrected chi connectivity index (χ3v) is 5.87. The standard InChI is InChI=1S/C29H27ClFN5O2/c1-35(2)34-23-15-18-26(25(31)19-23)33-28(37)27(20-9-5-3-6-10-20)36(24-16-13-21(30)14-17-24)29(38)32-22-11-7-4-8-12-22/h3-14,16-19,27H,15H2,1-2H3,(H,32,38)(H,33,37). The van der Waals surface area contributed by atoms with Crippen molar-refractivity contribution < 1.29 is 14.0 Å². The summed E-state index contributed by atoms with van der Waals surface area (Å²) >= 11 is 6.11. The van der Waals surface area contributed by atoms with Gasteiger partial charge in [-0.1, -0.05) is 66.2 Å². The summed E-state index contributed by atoms with van der Waals surface area (Å²) in [4.78, 5) is 28.9. The molecule has 194 valence electrons. The van der Waals surface area contributed by atoms with Crippen LogP contribution in [0.3, 0.4) is 0 Å². The van der Waals surface area contributed by atoms with Crippen molar-refractivity contribution in [1.82, 2.24) is 10.3 Å². The van der Waals surface area contributed by atoms with Crippen molar-refractivity contribution in [2.45, 2.75) is 12.5 Å². The first-order valence-electron chi connectivity index (χ1n) is 11.9. The van der Waals surface area contributed by atoms with E-state index in [4.69, 9.17) is 11.6 Å². The monoisotopic (exact) mass is 531 g/mol. The zero-order valence-electron chi connectivity index (χ0n) is 20.9. The number of allylic oxidation sites excluding steroid dienone is 3. The van der Waals surface area contributed by atoms with Gasteiger partial charge in [0.2, 0.25) is 0 Å². The molecule has 1 unspecified atom stereocenters. The molecular formula is C29H27ClFN5O2. The number of para-hydroxylation sites is 1. The van der Waals surface area contributed by atoms with Gasteiger partial charge in [-0.3, -0.25) is 9.69 Å². The number of hydrogen-bond donors (Lipinski definition) is 2. The quantitative estimate of drug-likeness (QED) is 0.351. The van der Waals surface area contributed by atoms with E-state index < -0.39 is 23.8 Å². The fourth-order valence-electron chi connectivity index (χ4n) is 3.97. The van der Waals surface area contributed by atoms with Crippen LogP contribution in [0.25, 0.3) is 0 Å². The molecular weight excluding hydrogens is 505 g/mol. The second-order valence-electron chi connectivity index (χ2n) is 8.70. The highest BCUT2D eigenvalue weighted by atomic mass is 35.5. The second kappa shape index (κ2) is 12.2. The molecule has 0 aliphatic heterocycles. The van der Waals surface area contributed by atoms with E-state index in [0.717, 1.165) is 0 Å². The zero-order valence-corrected chi connectivity index (χ0v) is 21.7. The Morgan fingerprint density at radius 1 is 0.921 bits per heavy atom. The number of carbonyl (C=O) groups is 2. The van der Waals surface area contributed by atoms with Gasteiger partial charge in [0.25, 0.3) is 5.91 Å². The minimum absolute atomic E-state index is 0.0214. The number of benzene rings is 3. The highest BCUT2D eigenvalue weighted by molar-refractivity contribution is 6.30. The summed E-state index contributed by atoms with van der Waals surface area (Å²) in [5.41, 5.74) is 2.07. The molecule has 0 aromatic heterocycles. The van der Waals surface area contributed by atoms with Gasteiger partial charge >= 0.3 is 6.03 Å². The van der Waals surface area contributed by atoms with Gasteiger partial charge in [-0.15, -0.1) is 0 Å². The Morgan fingerprint density at radius 2 is 1.55 bits per heavy atom. The molecule has 0 radical (unpaired) electrons. The zero-order chi connectivity index (χ0) is 27.1. The predicted molar refractivity (Wildman–Crippen MR) is 150 cm³/mol. The normalized spacial score (nSPS) is 14.7. The largest absolute Gasteiger partial charge is 0.327 e. The first kappa shape index (κ1) is 26.6. The average Bonchev–Trinajstić information content (AvgIpc) is 2.90. The number of nitrogens with one attached hydrogen (secondary N) is 2. The number of hydrogen-bond acceptors (Lipinski definition) is 4. The highest BCUT2D eigenvalue weighted by Gasteiger charge is 2.34. The van der Waals surface area contributed by atoms with Crippen LogP contribution in [0.2, 0.25) is 5.02 Å². The molecule has 38 heavy (non-hydrogen) atoms. The summed E-state index contributed by atoms with van der Waals surface area (Å²) < 4.78 is 15.0. The van der Waals surface area contributed by atoms with Gasteiger partial charge in [0.05, 0.1) is 11.4 Å². The number of rotatable bonds is 7. The van der Waals surface area contributed by atoms with Crippen LogP contribution in [0.5, 0.6) is 0 Å². The second-order valence-corrected chi connectivity index (χ2v) is 9.13. The number of hydrazone groups is 1. The lowest BCUT2D eigenvalue weighted by molar-refractivity contribution is -0.121. The van der Waals surface area contributed by atoms with Gasteiger partial charge in [-0.25, -0.2) is 9.18 Å². The summed E-state index contributed by atoms with van der Waals surface area (Å²) in [5.74, 6) is -1.21. The molecule has 3 aromatic rings. The SMILES string of the molecule is CN(C)N=C1C=C(F)C(NC(=O)C(c2ccccc2)N(C(=O)Nc2ccccc2)c2ccc(Cl)cc2)=CC1. The molecule has 3 amide bonds. The molecule has 9 heteroatoms. The maximum absolute atomic E-state index is 15.0. The topological polar surface area (TPSA) is 77.0 Å². The Morgan fingerprint density at radius 3 is 2.16 bits per heavy atom. The molecule has 0 bridgehead atoms. The van der Waals surface area contributed by atoms with Crippen LogP contribution in [0.1, 0.15) is 18.0 Å². The van der Waals surface area contributed by atoms with Crippen molar-refractivity contribution in [3.8, 4) is 0 Å². The number of urea groups is 1. The number of carbonyl (C=O) groups excluding carboxylic acids is 2. The van der Waals surface area contributed by atoms with Gasteiger partial charge in [0.1, 0.15) is 11.9 Å². The predicted octanol–water partition coefficient (Wildman–Crippen LogP) is 6.29. The molecule has 0 spiro atoms. The van der Waals surface area contributed by atoms with Gasteiger partial charge in [0.15, 0.2) is 0 Å². The Balaban J connectivity index is 1.72. The lowest BCUT2D eigenvalue weighted by Crippen LogP contribution is -2.45. The Hall–Kier alpha value is -4.43. The lowest BCUT2D eigenvalue weighted by atomic mass is 10.0. The van der Waals surface area contributed by atoms with E-state index in [9.17, 15) is 14.0 Å². The minimum atomic E-state index is -1.13. The smallest absolute Gasteiger partial charge is 0.322 e. The van der Waals surface area contributed by atoms with Gasteiger partial charge in [0, 0.05) is 36.9 Å². The number of nitrogens with zero attached hydrogens (tertiary/aromatic N) is 3. The molecule has 0 heterocycles. The van der Waals surface area contributed by atoms with E-state index in [-0.39, 0.29) is 5.70 Å². The summed E-state index contributed by atoms with van der Waals surface area (Å²) in [7, 11) is 3.49. The number of halogens is 2. The summed E-state index contributed by atoms with van der Waals surface area (Å²) in [6.45, 7) is 0. The van der Waals surface area contributed by atoms with Crippen molar-refractivity contribution in [2.24, 2.45) is 5.10 Å². The molecule has 0 saturated carbocycles. The van der Waals surface area contributed by atoms with E-state index in [1.54, 1.807) is 98.0 Å². The van der Waals surface area contributed by atoms with E-state index >= 15 is 0 Å². The molecule has 3 aromatic carbocycles. The van der Waals surface area contributed by atoms with Crippen LogP contribution in [0, 0.1) is 0 Å². The van der Waals surface area contributed by atoms with Crippen molar-refractivity contribution in [3.05, 3.63) is 119 Å². The number of amides is 3. The highest BCUT2D eigenvalue weighted by Crippen LogP contribution is 2.31. The summed E-state index contributed by atoms with van der Waals surface area (Å²) in [6.07, 6.45) is 3.19. The lowest BCUT2D eigenvalue weighted by Gasteiger charge is -2.32. The van der Waals surface area contributed by atoms with Gasteiger partial charge in [-0.2, -0.15) is 5.10 Å². The average molecular weight is 532 g/mol. The van der Waals surface area contributed by atoms with Crippen LogP contribution >= 0.6 is 11.6 Å². The number of anilines is 2. The summed E-state index contributed by atoms with van der Waals surface area (Å²) in [6, 6.07) is 22.7. The first-order valence-corrected chi connectivity index (χ1v) is 12.3. The third kappa shape index (κ3) is 6.66.